The van der Waals surface area contributed by atoms with Gasteiger partial charge in [0.25, 0.3) is 0 Å². The maximum Gasteiger partial charge on any atom is 0.0114 e. The third kappa shape index (κ3) is 1.25. The first-order valence-electron chi connectivity index (χ1n) is 3.12. The quantitative estimate of drug-likeness (QED) is 0.499. The predicted molar refractivity (Wildman–Crippen MR) is 38.3 cm³/mol. The standard InChI is InChI=1S/C7H12N2/c1-5-4-6(8)2-3-7(5)9/h2-3,5H,4,8-9H2,1H3/t5-/m0/s1. The largest absolute Gasteiger partial charge is 0.402 e. The summed E-state index contributed by atoms with van der Waals surface area (Å²) in [5, 5.41) is 0. The molecule has 0 heterocycles. The molecule has 2 heteroatoms. The summed E-state index contributed by atoms with van der Waals surface area (Å²) in [4.78, 5) is 0. The maximum absolute atomic E-state index is 5.60. The van der Waals surface area contributed by atoms with Gasteiger partial charge in [-0.15, -0.1) is 0 Å². The molecule has 0 aliphatic heterocycles. The molecule has 0 aromatic carbocycles. The van der Waals surface area contributed by atoms with Gasteiger partial charge in [-0.1, -0.05) is 6.92 Å². The van der Waals surface area contributed by atoms with Crippen molar-refractivity contribution in [1.29, 1.82) is 0 Å². The van der Waals surface area contributed by atoms with Gasteiger partial charge >= 0.3 is 0 Å². The van der Waals surface area contributed by atoms with Gasteiger partial charge in [0, 0.05) is 17.3 Å². The Bertz CT molecular complexity index is 168. The third-order valence-electron chi connectivity index (χ3n) is 1.60. The molecule has 0 radical (unpaired) electrons. The van der Waals surface area contributed by atoms with Crippen LogP contribution < -0.4 is 11.5 Å². The number of rotatable bonds is 0. The summed E-state index contributed by atoms with van der Waals surface area (Å²) < 4.78 is 0. The van der Waals surface area contributed by atoms with Crippen molar-refractivity contribution in [2.45, 2.75) is 13.3 Å². The minimum absolute atomic E-state index is 0.426. The lowest BCUT2D eigenvalue weighted by molar-refractivity contribution is 0.649. The van der Waals surface area contributed by atoms with Crippen LogP contribution >= 0.6 is 0 Å². The van der Waals surface area contributed by atoms with E-state index < -0.39 is 0 Å². The molecule has 0 saturated heterocycles. The first-order valence-corrected chi connectivity index (χ1v) is 3.12. The Kier molecular flexibility index (Phi) is 1.47. The van der Waals surface area contributed by atoms with Crippen molar-refractivity contribution in [1.82, 2.24) is 0 Å². The lowest BCUT2D eigenvalue weighted by atomic mass is 9.97. The molecule has 50 valence electrons. The van der Waals surface area contributed by atoms with E-state index in [1.54, 1.807) is 0 Å². The molecule has 0 amide bonds. The molecule has 9 heavy (non-hydrogen) atoms. The molecular formula is C7H12N2. The third-order valence-corrected chi connectivity index (χ3v) is 1.60. The number of hydrogen-bond acceptors (Lipinski definition) is 2. The Labute approximate surface area is 55.2 Å². The fourth-order valence-electron chi connectivity index (χ4n) is 0.907. The highest BCUT2D eigenvalue weighted by atomic mass is 14.6. The molecule has 0 aromatic heterocycles. The summed E-state index contributed by atoms with van der Waals surface area (Å²) in [7, 11) is 0. The van der Waals surface area contributed by atoms with E-state index in [1.807, 2.05) is 12.2 Å². The monoisotopic (exact) mass is 124 g/mol. The zero-order chi connectivity index (χ0) is 6.85. The Balaban J connectivity index is 2.74. The Hall–Kier alpha value is -0.920. The van der Waals surface area contributed by atoms with E-state index in [-0.39, 0.29) is 0 Å². The van der Waals surface area contributed by atoms with Gasteiger partial charge in [0.2, 0.25) is 0 Å². The molecule has 0 fully saturated rings. The fourth-order valence-corrected chi connectivity index (χ4v) is 0.907. The average Bonchev–Trinajstić information content (AvgIpc) is 1.80. The van der Waals surface area contributed by atoms with Gasteiger partial charge < -0.3 is 11.5 Å². The van der Waals surface area contributed by atoms with Crippen LogP contribution in [0.5, 0.6) is 0 Å². The summed E-state index contributed by atoms with van der Waals surface area (Å²) in [6.07, 6.45) is 4.65. The summed E-state index contributed by atoms with van der Waals surface area (Å²) in [6, 6.07) is 0. The number of allylic oxidation sites excluding steroid dienone is 4. The maximum atomic E-state index is 5.60. The molecule has 0 spiro atoms. The van der Waals surface area contributed by atoms with Crippen LogP contribution in [0, 0.1) is 5.92 Å². The molecule has 1 atom stereocenters. The average molecular weight is 124 g/mol. The molecule has 1 rings (SSSR count). The van der Waals surface area contributed by atoms with Gasteiger partial charge in [0.15, 0.2) is 0 Å². The van der Waals surface area contributed by atoms with E-state index >= 15 is 0 Å². The van der Waals surface area contributed by atoms with E-state index in [9.17, 15) is 0 Å². The van der Waals surface area contributed by atoms with Gasteiger partial charge in [-0.05, 0) is 18.6 Å². The highest BCUT2D eigenvalue weighted by Gasteiger charge is 2.08. The summed E-state index contributed by atoms with van der Waals surface area (Å²) in [5.41, 5.74) is 13.0. The van der Waals surface area contributed by atoms with Crippen LogP contribution in [0.15, 0.2) is 23.5 Å². The summed E-state index contributed by atoms with van der Waals surface area (Å²) in [6.45, 7) is 2.08. The summed E-state index contributed by atoms with van der Waals surface area (Å²) in [5.74, 6) is 0.426. The van der Waals surface area contributed by atoms with E-state index in [0.717, 1.165) is 17.8 Å². The first-order chi connectivity index (χ1) is 4.20. The minimum Gasteiger partial charge on any atom is -0.402 e. The van der Waals surface area contributed by atoms with Crippen molar-refractivity contribution in [3.05, 3.63) is 23.5 Å². The predicted octanol–water partition coefficient (Wildman–Crippen LogP) is 0.711. The van der Waals surface area contributed by atoms with E-state index in [4.69, 9.17) is 11.5 Å². The van der Waals surface area contributed by atoms with Crippen LogP contribution in [-0.2, 0) is 0 Å². The zero-order valence-corrected chi connectivity index (χ0v) is 5.59. The molecule has 1 aliphatic rings. The number of hydrogen-bond donors (Lipinski definition) is 2. The van der Waals surface area contributed by atoms with E-state index in [1.165, 1.54) is 0 Å². The van der Waals surface area contributed by atoms with E-state index in [2.05, 4.69) is 6.92 Å². The minimum atomic E-state index is 0.426. The second-order valence-corrected chi connectivity index (χ2v) is 2.51. The van der Waals surface area contributed by atoms with Crippen LogP contribution in [0.3, 0.4) is 0 Å². The van der Waals surface area contributed by atoms with Gasteiger partial charge in [-0.3, -0.25) is 0 Å². The van der Waals surface area contributed by atoms with Crippen LogP contribution in [0.1, 0.15) is 13.3 Å². The molecule has 0 aromatic rings. The smallest absolute Gasteiger partial charge is 0.0114 e. The van der Waals surface area contributed by atoms with Crippen molar-refractivity contribution < 1.29 is 0 Å². The highest BCUT2D eigenvalue weighted by Crippen LogP contribution is 2.17. The van der Waals surface area contributed by atoms with Crippen LogP contribution in [0.2, 0.25) is 0 Å². The van der Waals surface area contributed by atoms with Crippen LogP contribution in [0.25, 0.3) is 0 Å². The van der Waals surface area contributed by atoms with Crippen molar-refractivity contribution in [3.8, 4) is 0 Å². The van der Waals surface area contributed by atoms with E-state index in [0.29, 0.717) is 5.92 Å². The van der Waals surface area contributed by atoms with Crippen molar-refractivity contribution >= 4 is 0 Å². The molecule has 0 unspecified atom stereocenters. The molecular weight excluding hydrogens is 112 g/mol. The Morgan fingerprint density at radius 2 is 2.11 bits per heavy atom. The SMILES string of the molecule is C[C@H]1CC(N)=CC=C1N. The fraction of sp³-hybridized carbons (Fsp3) is 0.429. The highest BCUT2D eigenvalue weighted by molar-refractivity contribution is 5.22. The van der Waals surface area contributed by atoms with Gasteiger partial charge in [-0.25, -0.2) is 0 Å². The van der Waals surface area contributed by atoms with Crippen molar-refractivity contribution in [2.75, 3.05) is 0 Å². The molecule has 2 nitrogen and oxygen atoms in total. The molecule has 1 aliphatic carbocycles. The second-order valence-electron chi connectivity index (χ2n) is 2.51. The molecule has 0 bridgehead atoms. The van der Waals surface area contributed by atoms with Crippen molar-refractivity contribution in [2.24, 2.45) is 17.4 Å². The number of nitrogens with two attached hydrogens (primary N) is 2. The van der Waals surface area contributed by atoms with Crippen LogP contribution in [0.4, 0.5) is 0 Å². The lowest BCUT2D eigenvalue weighted by Crippen LogP contribution is -2.15. The second kappa shape index (κ2) is 2.13. The normalized spacial score (nSPS) is 27.0. The Morgan fingerprint density at radius 3 is 2.56 bits per heavy atom. The van der Waals surface area contributed by atoms with Crippen LogP contribution in [-0.4, -0.2) is 0 Å². The lowest BCUT2D eigenvalue weighted by Gasteiger charge is -2.15. The van der Waals surface area contributed by atoms with Crippen molar-refractivity contribution in [3.63, 3.8) is 0 Å². The molecule has 0 saturated carbocycles. The summed E-state index contributed by atoms with van der Waals surface area (Å²) >= 11 is 0. The first kappa shape index (κ1) is 6.20. The van der Waals surface area contributed by atoms with Gasteiger partial charge in [0.1, 0.15) is 0 Å². The molecule has 4 N–H and O–H groups in total. The van der Waals surface area contributed by atoms with Gasteiger partial charge in [-0.2, -0.15) is 0 Å². The van der Waals surface area contributed by atoms with Gasteiger partial charge in [0.05, 0.1) is 0 Å². The topological polar surface area (TPSA) is 52.0 Å². The zero-order valence-electron chi connectivity index (χ0n) is 5.59. The Morgan fingerprint density at radius 1 is 1.44 bits per heavy atom.